The summed E-state index contributed by atoms with van der Waals surface area (Å²) in [4.78, 5) is 15.8. The van der Waals surface area contributed by atoms with Crippen molar-refractivity contribution < 1.29 is 4.79 Å². The molecule has 24 heavy (non-hydrogen) atoms. The number of para-hydroxylation sites is 1. The van der Waals surface area contributed by atoms with Gasteiger partial charge in [0.25, 0.3) is 5.91 Å². The first-order valence-electron chi connectivity index (χ1n) is 8.58. The van der Waals surface area contributed by atoms with Crippen molar-refractivity contribution in [2.75, 3.05) is 0 Å². The summed E-state index contributed by atoms with van der Waals surface area (Å²) in [6, 6.07) is 8.61. The van der Waals surface area contributed by atoms with E-state index in [0.717, 1.165) is 42.1 Å². The summed E-state index contributed by atoms with van der Waals surface area (Å²) in [6.07, 6.45) is 9.92. The van der Waals surface area contributed by atoms with Crippen LogP contribution >= 0.6 is 0 Å². The Morgan fingerprint density at radius 1 is 1.25 bits per heavy atom. The van der Waals surface area contributed by atoms with Crippen LogP contribution in [0.25, 0.3) is 10.9 Å². The van der Waals surface area contributed by atoms with E-state index in [-0.39, 0.29) is 11.9 Å². The van der Waals surface area contributed by atoms with Gasteiger partial charge in [-0.25, -0.2) is 0 Å². The second kappa shape index (κ2) is 6.15. The molecule has 0 bridgehead atoms. The largest absolute Gasteiger partial charge is 0.360 e. The van der Waals surface area contributed by atoms with Crippen molar-refractivity contribution in [1.29, 1.82) is 0 Å². The van der Waals surface area contributed by atoms with Gasteiger partial charge in [-0.3, -0.25) is 9.48 Å². The zero-order valence-corrected chi connectivity index (χ0v) is 13.8. The third kappa shape index (κ3) is 2.82. The molecule has 1 aromatic carbocycles. The molecule has 0 radical (unpaired) electrons. The smallest absolute Gasteiger partial charge is 0.253 e. The molecule has 0 saturated heterocycles. The number of nitrogens with one attached hydrogen (secondary N) is 2. The van der Waals surface area contributed by atoms with Crippen LogP contribution in [0.4, 0.5) is 0 Å². The number of aromatic amines is 1. The second-order valence-corrected chi connectivity index (χ2v) is 6.72. The van der Waals surface area contributed by atoms with Gasteiger partial charge in [-0.1, -0.05) is 18.2 Å². The molecule has 5 nitrogen and oxygen atoms in total. The average Bonchev–Trinajstić information content (AvgIpc) is 3.22. The molecule has 0 aliphatic heterocycles. The molecule has 4 rings (SSSR count). The van der Waals surface area contributed by atoms with E-state index in [1.807, 2.05) is 30.5 Å². The van der Waals surface area contributed by atoms with Crippen LogP contribution in [-0.2, 0) is 0 Å². The second-order valence-electron chi connectivity index (χ2n) is 6.72. The van der Waals surface area contributed by atoms with Gasteiger partial charge in [-0.15, -0.1) is 0 Å². The van der Waals surface area contributed by atoms with Gasteiger partial charge < -0.3 is 10.3 Å². The van der Waals surface area contributed by atoms with Gasteiger partial charge in [0.1, 0.15) is 0 Å². The monoisotopic (exact) mass is 322 g/mol. The molecular weight excluding hydrogens is 300 g/mol. The number of fused-ring (bicyclic) bond motifs is 1. The number of carbonyl (C=O) groups excluding carboxylic acids is 1. The minimum atomic E-state index is 0.0193. The summed E-state index contributed by atoms with van der Waals surface area (Å²) in [5.41, 5.74) is 2.93. The summed E-state index contributed by atoms with van der Waals surface area (Å²) < 4.78 is 2.08. The maximum absolute atomic E-state index is 12.6. The average molecular weight is 322 g/mol. The third-order valence-corrected chi connectivity index (χ3v) is 4.97. The van der Waals surface area contributed by atoms with E-state index in [4.69, 9.17) is 0 Å². The maximum Gasteiger partial charge on any atom is 0.253 e. The van der Waals surface area contributed by atoms with Crippen molar-refractivity contribution in [2.45, 2.75) is 44.7 Å². The van der Waals surface area contributed by atoms with Gasteiger partial charge in [0, 0.05) is 29.3 Å². The van der Waals surface area contributed by atoms with E-state index in [9.17, 15) is 4.79 Å². The van der Waals surface area contributed by atoms with Crippen LogP contribution in [-0.4, -0.2) is 26.7 Å². The molecule has 1 fully saturated rings. The van der Waals surface area contributed by atoms with Gasteiger partial charge in [0.05, 0.1) is 17.8 Å². The lowest BCUT2D eigenvalue weighted by Gasteiger charge is -2.29. The minimum absolute atomic E-state index is 0.0193. The molecule has 3 aromatic rings. The van der Waals surface area contributed by atoms with E-state index in [1.54, 1.807) is 6.20 Å². The number of aromatic nitrogens is 3. The Bertz CT molecular complexity index is 855. The summed E-state index contributed by atoms with van der Waals surface area (Å²) in [5.74, 6) is 0.0193. The summed E-state index contributed by atoms with van der Waals surface area (Å²) >= 11 is 0. The molecule has 0 spiro atoms. The lowest BCUT2D eigenvalue weighted by atomic mass is 9.91. The van der Waals surface area contributed by atoms with Crippen molar-refractivity contribution in [3.8, 4) is 0 Å². The molecule has 2 aromatic heterocycles. The predicted molar refractivity (Wildman–Crippen MR) is 94.0 cm³/mol. The van der Waals surface area contributed by atoms with Crippen molar-refractivity contribution >= 4 is 16.8 Å². The molecule has 0 unspecified atom stereocenters. The fourth-order valence-corrected chi connectivity index (χ4v) is 3.64. The number of nitrogens with zero attached hydrogens (tertiary/aromatic N) is 2. The number of H-pyrrole nitrogens is 1. The number of benzene rings is 1. The molecule has 124 valence electrons. The van der Waals surface area contributed by atoms with E-state index in [1.165, 1.54) is 5.56 Å². The predicted octanol–water partition coefficient (Wildman–Crippen LogP) is 3.59. The Balaban J connectivity index is 1.39. The summed E-state index contributed by atoms with van der Waals surface area (Å²) in [7, 11) is 0. The van der Waals surface area contributed by atoms with Crippen molar-refractivity contribution in [3.63, 3.8) is 0 Å². The van der Waals surface area contributed by atoms with Crippen LogP contribution in [0.15, 0.2) is 42.9 Å². The molecule has 2 N–H and O–H groups in total. The number of rotatable bonds is 3. The standard InChI is InChI=1S/C19H22N4O/c1-13-10-21-23(12-13)15-8-6-14(7-9-15)22-19(24)17-11-20-18-5-3-2-4-16(17)18/h2-5,10-12,14-15,20H,6-9H2,1H3,(H,22,24). The van der Waals surface area contributed by atoms with Crippen LogP contribution in [0.2, 0.25) is 0 Å². The maximum atomic E-state index is 12.6. The number of carbonyl (C=O) groups is 1. The van der Waals surface area contributed by atoms with Crippen LogP contribution in [0, 0.1) is 6.92 Å². The first-order valence-corrected chi connectivity index (χ1v) is 8.58. The van der Waals surface area contributed by atoms with Gasteiger partial charge in [0.2, 0.25) is 0 Å². The molecule has 1 saturated carbocycles. The Kier molecular flexibility index (Phi) is 3.84. The van der Waals surface area contributed by atoms with E-state index in [0.29, 0.717) is 6.04 Å². The van der Waals surface area contributed by atoms with Crippen molar-refractivity contribution in [2.24, 2.45) is 0 Å². The topological polar surface area (TPSA) is 62.7 Å². The van der Waals surface area contributed by atoms with Crippen LogP contribution < -0.4 is 5.32 Å². The number of hydrogen-bond acceptors (Lipinski definition) is 2. The zero-order chi connectivity index (χ0) is 16.5. The third-order valence-electron chi connectivity index (χ3n) is 4.97. The highest BCUT2D eigenvalue weighted by atomic mass is 16.1. The lowest BCUT2D eigenvalue weighted by molar-refractivity contribution is 0.0923. The molecule has 5 heteroatoms. The highest BCUT2D eigenvalue weighted by Gasteiger charge is 2.24. The van der Waals surface area contributed by atoms with Crippen LogP contribution in [0.1, 0.15) is 47.6 Å². The Hall–Kier alpha value is -2.56. The number of amides is 1. The molecule has 2 heterocycles. The quantitative estimate of drug-likeness (QED) is 0.774. The van der Waals surface area contributed by atoms with Gasteiger partial charge in [0.15, 0.2) is 0 Å². The highest BCUT2D eigenvalue weighted by Crippen LogP contribution is 2.28. The summed E-state index contributed by atoms with van der Waals surface area (Å²) in [5, 5.41) is 8.61. The first kappa shape index (κ1) is 15.0. The van der Waals surface area contributed by atoms with Crippen molar-refractivity contribution in [3.05, 3.63) is 54.0 Å². The molecule has 1 amide bonds. The number of aryl methyl sites for hydroxylation is 1. The van der Waals surface area contributed by atoms with E-state index >= 15 is 0 Å². The molecule has 1 aliphatic rings. The summed E-state index contributed by atoms with van der Waals surface area (Å²) in [6.45, 7) is 2.07. The van der Waals surface area contributed by atoms with Gasteiger partial charge in [-0.2, -0.15) is 5.10 Å². The fourth-order valence-electron chi connectivity index (χ4n) is 3.64. The SMILES string of the molecule is Cc1cnn(C2CCC(NC(=O)c3c[nH]c4ccccc34)CC2)c1. The lowest BCUT2D eigenvalue weighted by Crippen LogP contribution is -2.38. The Morgan fingerprint density at radius 2 is 2.04 bits per heavy atom. The van der Waals surface area contributed by atoms with Crippen molar-refractivity contribution in [1.82, 2.24) is 20.1 Å². The molecule has 1 aliphatic carbocycles. The van der Waals surface area contributed by atoms with Gasteiger partial charge in [-0.05, 0) is 44.2 Å². The minimum Gasteiger partial charge on any atom is -0.360 e. The van der Waals surface area contributed by atoms with E-state index in [2.05, 4.69) is 33.2 Å². The first-order chi connectivity index (χ1) is 11.7. The van der Waals surface area contributed by atoms with Gasteiger partial charge >= 0.3 is 0 Å². The van der Waals surface area contributed by atoms with Crippen LogP contribution in [0.5, 0.6) is 0 Å². The normalized spacial score (nSPS) is 21.0. The highest BCUT2D eigenvalue weighted by molar-refractivity contribution is 6.06. The fraction of sp³-hybridized carbons (Fsp3) is 0.368. The Labute approximate surface area is 141 Å². The van der Waals surface area contributed by atoms with Crippen LogP contribution in [0.3, 0.4) is 0 Å². The molecule has 0 atom stereocenters. The Morgan fingerprint density at radius 3 is 2.79 bits per heavy atom. The number of hydrogen-bond donors (Lipinski definition) is 2. The molecular formula is C19H22N4O. The zero-order valence-electron chi connectivity index (χ0n) is 13.8. The van der Waals surface area contributed by atoms with E-state index < -0.39 is 0 Å².